The smallest absolute Gasteiger partial charge is 0.376 e. The van der Waals surface area contributed by atoms with Gasteiger partial charge in [-0.3, -0.25) is 0 Å². The van der Waals surface area contributed by atoms with E-state index in [9.17, 15) is 9.90 Å². The molecule has 19 heavy (non-hydrogen) atoms. The van der Waals surface area contributed by atoms with Gasteiger partial charge in [-0.25, -0.2) is 14.8 Å². The molecule has 0 saturated carbocycles. The summed E-state index contributed by atoms with van der Waals surface area (Å²) >= 11 is 0. The van der Waals surface area contributed by atoms with Crippen LogP contribution in [-0.4, -0.2) is 47.3 Å². The number of methoxy groups -OCH3 is 1. The molecule has 1 aromatic heterocycles. The highest BCUT2D eigenvalue weighted by molar-refractivity contribution is 5.85. The lowest BCUT2D eigenvalue weighted by Crippen LogP contribution is -2.38. The fourth-order valence-corrected chi connectivity index (χ4v) is 2.37. The van der Waals surface area contributed by atoms with Crippen molar-refractivity contribution in [3.05, 3.63) is 18.1 Å². The van der Waals surface area contributed by atoms with Crippen LogP contribution in [-0.2, 0) is 4.74 Å². The van der Waals surface area contributed by atoms with Crippen LogP contribution < -0.4 is 4.90 Å². The standard InChI is InChI=1S/C13H19N3O3/c1-19-13(18)12-14-7-6-11(15-12)16-8-4-2-3-5-10(16)9-17/h6-7,10,17H,2-5,8-9H2,1H3. The highest BCUT2D eigenvalue weighted by Crippen LogP contribution is 2.22. The van der Waals surface area contributed by atoms with Crippen molar-refractivity contribution in [2.75, 3.05) is 25.2 Å². The Kier molecular flexibility index (Phi) is 4.68. The van der Waals surface area contributed by atoms with Gasteiger partial charge in [-0.2, -0.15) is 0 Å². The van der Waals surface area contributed by atoms with Crippen LogP contribution in [0.15, 0.2) is 12.3 Å². The van der Waals surface area contributed by atoms with E-state index >= 15 is 0 Å². The number of carbonyl (C=O) groups is 1. The van der Waals surface area contributed by atoms with Gasteiger partial charge in [-0.05, 0) is 18.9 Å². The summed E-state index contributed by atoms with van der Waals surface area (Å²) in [5, 5.41) is 9.50. The van der Waals surface area contributed by atoms with Gasteiger partial charge < -0.3 is 14.7 Å². The second-order valence-corrected chi connectivity index (χ2v) is 4.61. The lowest BCUT2D eigenvalue weighted by Gasteiger charge is -2.29. The van der Waals surface area contributed by atoms with Crippen molar-refractivity contribution in [3.8, 4) is 0 Å². The van der Waals surface area contributed by atoms with E-state index in [0.717, 1.165) is 32.2 Å². The van der Waals surface area contributed by atoms with Crippen LogP contribution in [0.4, 0.5) is 5.82 Å². The van der Waals surface area contributed by atoms with E-state index in [2.05, 4.69) is 19.6 Å². The van der Waals surface area contributed by atoms with Crippen LogP contribution in [0, 0.1) is 0 Å². The minimum atomic E-state index is -0.544. The van der Waals surface area contributed by atoms with E-state index in [1.165, 1.54) is 7.11 Å². The van der Waals surface area contributed by atoms with Crippen molar-refractivity contribution in [1.82, 2.24) is 9.97 Å². The number of hydrogen-bond acceptors (Lipinski definition) is 6. The SMILES string of the molecule is COC(=O)c1nccc(N2CCCCCC2CO)n1. The molecule has 6 nitrogen and oxygen atoms in total. The predicted molar refractivity (Wildman–Crippen MR) is 70.1 cm³/mol. The number of aromatic nitrogens is 2. The first kappa shape index (κ1) is 13.7. The molecule has 0 radical (unpaired) electrons. The first-order chi connectivity index (χ1) is 9.26. The van der Waals surface area contributed by atoms with Crippen LogP contribution >= 0.6 is 0 Å². The van der Waals surface area contributed by atoms with Gasteiger partial charge in [0.05, 0.1) is 19.8 Å². The van der Waals surface area contributed by atoms with Gasteiger partial charge in [-0.1, -0.05) is 12.8 Å². The second kappa shape index (κ2) is 6.47. The maximum absolute atomic E-state index is 11.5. The Morgan fingerprint density at radius 3 is 3.11 bits per heavy atom. The third-order valence-electron chi connectivity index (χ3n) is 3.39. The molecule has 0 aromatic carbocycles. The van der Waals surface area contributed by atoms with Gasteiger partial charge in [0.25, 0.3) is 0 Å². The quantitative estimate of drug-likeness (QED) is 0.822. The molecule has 1 aliphatic rings. The molecule has 6 heteroatoms. The molecular formula is C13H19N3O3. The summed E-state index contributed by atoms with van der Waals surface area (Å²) in [6.45, 7) is 0.931. The predicted octanol–water partition coefficient (Wildman–Crippen LogP) is 1.00. The molecule has 0 aliphatic carbocycles. The summed E-state index contributed by atoms with van der Waals surface area (Å²) in [5.41, 5.74) is 0. The fraction of sp³-hybridized carbons (Fsp3) is 0.615. The van der Waals surface area contributed by atoms with E-state index in [1.807, 2.05) is 0 Å². The van der Waals surface area contributed by atoms with Crippen LogP contribution in [0.25, 0.3) is 0 Å². The number of rotatable bonds is 3. The molecule has 104 valence electrons. The summed E-state index contributed by atoms with van der Waals surface area (Å²) in [5.74, 6) is 0.189. The van der Waals surface area contributed by atoms with Gasteiger partial charge >= 0.3 is 5.97 Å². The van der Waals surface area contributed by atoms with E-state index in [0.29, 0.717) is 5.82 Å². The summed E-state index contributed by atoms with van der Waals surface area (Å²) in [7, 11) is 1.31. The lowest BCUT2D eigenvalue weighted by molar-refractivity contribution is 0.0586. The third kappa shape index (κ3) is 3.20. The van der Waals surface area contributed by atoms with Crippen LogP contribution in [0.3, 0.4) is 0 Å². The molecule has 1 aromatic rings. The van der Waals surface area contributed by atoms with Gasteiger partial charge in [0, 0.05) is 12.7 Å². The number of aliphatic hydroxyl groups is 1. The van der Waals surface area contributed by atoms with Crippen molar-refractivity contribution < 1.29 is 14.6 Å². The average Bonchev–Trinajstić information content (AvgIpc) is 2.71. The van der Waals surface area contributed by atoms with Crippen molar-refractivity contribution in [1.29, 1.82) is 0 Å². The number of aliphatic hydroxyl groups excluding tert-OH is 1. The Morgan fingerprint density at radius 2 is 2.37 bits per heavy atom. The molecule has 1 fully saturated rings. The molecule has 1 saturated heterocycles. The monoisotopic (exact) mass is 265 g/mol. The average molecular weight is 265 g/mol. The zero-order valence-electron chi connectivity index (χ0n) is 11.1. The van der Waals surface area contributed by atoms with Crippen molar-refractivity contribution >= 4 is 11.8 Å². The molecule has 0 bridgehead atoms. The number of nitrogens with zero attached hydrogens (tertiary/aromatic N) is 3. The van der Waals surface area contributed by atoms with Gasteiger partial charge in [0.2, 0.25) is 5.82 Å². The molecule has 2 heterocycles. The van der Waals surface area contributed by atoms with Crippen molar-refractivity contribution in [2.45, 2.75) is 31.7 Å². The summed E-state index contributed by atoms with van der Waals surface area (Å²) in [4.78, 5) is 21.6. The Bertz CT molecular complexity index is 439. The maximum atomic E-state index is 11.5. The molecule has 0 amide bonds. The van der Waals surface area contributed by atoms with E-state index in [-0.39, 0.29) is 18.5 Å². The molecule has 1 N–H and O–H groups in total. The van der Waals surface area contributed by atoms with E-state index in [1.54, 1.807) is 12.3 Å². The molecule has 0 spiro atoms. The number of ether oxygens (including phenoxy) is 1. The van der Waals surface area contributed by atoms with Crippen LogP contribution in [0.5, 0.6) is 0 Å². The van der Waals surface area contributed by atoms with Crippen LogP contribution in [0.2, 0.25) is 0 Å². The summed E-state index contributed by atoms with van der Waals surface area (Å²) in [6.07, 6.45) is 5.81. The Morgan fingerprint density at radius 1 is 1.53 bits per heavy atom. The minimum Gasteiger partial charge on any atom is -0.463 e. The number of esters is 1. The van der Waals surface area contributed by atoms with Gasteiger partial charge in [0.15, 0.2) is 0 Å². The van der Waals surface area contributed by atoms with E-state index < -0.39 is 5.97 Å². The lowest BCUT2D eigenvalue weighted by atomic mass is 10.1. The molecule has 1 atom stereocenters. The summed E-state index contributed by atoms with van der Waals surface area (Å²) < 4.78 is 4.62. The first-order valence-electron chi connectivity index (χ1n) is 6.55. The maximum Gasteiger partial charge on any atom is 0.376 e. The zero-order valence-corrected chi connectivity index (χ0v) is 11.1. The molecule has 1 unspecified atom stereocenters. The first-order valence-corrected chi connectivity index (χ1v) is 6.55. The molecule has 2 rings (SSSR count). The van der Waals surface area contributed by atoms with Gasteiger partial charge in [-0.15, -0.1) is 0 Å². The topological polar surface area (TPSA) is 75.5 Å². The third-order valence-corrected chi connectivity index (χ3v) is 3.39. The highest BCUT2D eigenvalue weighted by Gasteiger charge is 2.22. The Labute approximate surface area is 112 Å². The number of anilines is 1. The fourth-order valence-electron chi connectivity index (χ4n) is 2.37. The number of hydrogen-bond donors (Lipinski definition) is 1. The Balaban J connectivity index is 2.25. The molecule has 1 aliphatic heterocycles. The second-order valence-electron chi connectivity index (χ2n) is 4.61. The molecular weight excluding hydrogens is 246 g/mol. The highest BCUT2D eigenvalue weighted by atomic mass is 16.5. The largest absolute Gasteiger partial charge is 0.463 e. The Hall–Kier alpha value is -1.69. The van der Waals surface area contributed by atoms with Gasteiger partial charge in [0.1, 0.15) is 5.82 Å². The van der Waals surface area contributed by atoms with Crippen molar-refractivity contribution in [2.24, 2.45) is 0 Å². The van der Waals surface area contributed by atoms with E-state index in [4.69, 9.17) is 0 Å². The minimum absolute atomic E-state index is 0.0564. The number of carbonyl (C=O) groups excluding carboxylic acids is 1. The summed E-state index contributed by atoms with van der Waals surface area (Å²) in [6, 6.07) is 1.82. The van der Waals surface area contributed by atoms with Crippen molar-refractivity contribution in [3.63, 3.8) is 0 Å². The zero-order chi connectivity index (χ0) is 13.7. The van der Waals surface area contributed by atoms with Crippen LogP contribution in [0.1, 0.15) is 36.3 Å². The normalized spacial score (nSPS) is 19.9.